The molecule has 0 unspecified atom stereocenters. The minimum atomic E-state index is -1.39. The Labute approximate surface area is 141 Å². The number of rotatable bonds is 4. The Morgan fingerprint density at radius 1 is 1.00 bits per heavy atom. The van der Waals surface area contributed by atoms with Gasteiger partial charge in [-0.25, -0.2) is 0 Å². The highest BCUT2D eigenvalue weighted by Gasteiger charge is 2.43. The van der Waals surface area contributed by atoms with Crippen molar-refractivity contribution in [1.82, 2.24) is 0 Å². The van der Waals surface area contributed by atoms with Crippen LogP contribution < -0.4 is 9.47 Å². The molecule has 2 aromatic rings. The van der Waals surface area contributed by atoms with E-state index in [2.05, 4.69) is 0 Å². The molecule has 0 aliphatic heterocycles. The number of fused-ring (bicyclic) bond motifs is 1. The van der Waals surface area contributed by atoms with Crippen LogP contribution in [0.2, 0.25) is 0 Å². The number of phenols is 1. The van der Waals surface area contributed by atoms with Crippen LogP contribution in [0, 0.1) is 10.1 Å². The van der Waals surface area contributed by atoms with Gasteiger partial charge in [0.05, 0.1) is 24.7 Å². The summed E-state index contributed by atoms with van der Waals surface area (Å²) in [7, 11) is 2.78. The van der Waals surface area contributed by atoms with E-state index in [0.29, 0.717) is 0 Å². The molecule has 1 N–H and O–H groups in total. The molecular formula is C17H13NO7. The Balaban J connectivity index is 2.19. The van der Waals surface area contributed by atoms with Crippen molar-refractivity contribution in [2.75, 3.05) is 14.2 Å². The van der Waals surface area contributed by atoms with Crippen LogP contribution in [0.4, 0.5) is 5.69 Å². The summed E-state index contributed by atoms with van der Waals surface area (Å²) in [6.45, 7) is 0. The van der Waals surface area contributed by atoms with E-state index in [1.165, 1.54) is 26.4 Å². The summed E-state index contributed by atoms with van der Waals surface area (Å²) in [6, 6.07) is 6.02. The number of nitro groups is 1. The first-order valence-electron chi connectivity index (χ1n) is 7.20. The first-order chi connectivity index (χ1) is 11.9. The highest BCUT2D eigenvalue weighted by atomic mass is 16.6. The molecule has 3 rings (SSSR count). The van der Waals surface area contributed by atoms with E-state index in [9.17, 15) is 24.8 Å². The number of nitrogens with zero attached hydrogens (tertiary/aromatic N) is 1. The van der Waals surface area contributed by atoms with E-state index >= 15 is 0 Å². The predicted molar refractivity (Wildman–Crippen MR) is 85.7 cm³/mol. The van der Waals surface area contributed by atoms with Gasteiger partial charge in [0.25, 0.3) is 5.69 Å². The molecule has 1 aliphatic carbocycles. The molecule has 128 valence electrons. The minimum Gasteiger partial charge on any atom is -0.508 e. The number of aromatic hydroxyl groups is 1. The number of hydrogen-bond acceptors (Lipinski definition) is 7. The summed E-state index contributed by atoms with van der Waals surface area (Å²) in [5.74, 6) is -2.29. The average molecular weight is 343 g/mol. The predicted octanol–water partition coefficient (Wildman–Crippen LogP) is 2.48. The fourth-order valence-electron chi connectivity index (χ4n) is 2.94. The topological polar surface area (TPSA) is 116 Å². The van der Waals surface area contributed by atoms with E-state index in [4.69, 9.17) is 9.47 Å². The van der Waals surface area contributed by atoms with E-state index in [1.807, 2.05) is 0 Å². The number of nitro benzene ring substituents is 1. The van der Waals surface area contributed by atoms with Gasteiger partial charge in [-0.3, -0.25) is 19.7 Å². The van der Waals surface area contributed by atoms with Crippen molar-refractivity contribution in [2.24, 2.45) is 0 Å². The fourth-order valence-corrected chi connectivity index (χ4v) is 2.94. The second kappa shape index (κ2) is 5.90. The second-order valence-corrected chi connectivity index (χ2v) is 5.41. The summed E-state index contributed by atoms with van der Waals surface area (Å²) < 4.78 is 10.3. The maximum absolute atomic E-state index is 12.7. The lowest BCUT2D eigenvalue weighted by Crippen LogP contribution is -2.14. The van der Waals surface area contributed by atoms with Crippen LogP contribution in [0.25, 0.3) is 0 Å². The molecule has 2 aromatic carbocycles. The third-order valence-electron chi connectivity index (χ3n) is 4.10. The molecule has 0 bridgehead atoms. The summed E-state index contributed by atoms with van der Waals surface area (Å²) in [5.41, 5.74) is -0.346. The van der Waals surface area contributed by atoms with Crippen molar-refractivity contribution in [3.63, 3.8) is 0 Å². The summed E-state index contributed by atoms with van der Waals surface area (Å²) in [4.78, 5) is 36.0. The van der Waals surface area contributed by atoms with Gasteiger partial charge >= 0.3 is 0 Å². The molecule has 0 amide bonds. The molecule has 0 saturated carbocycles. The van der Waals surface area contributed by atoms with Crippen molar-refractivity contribution in [1.29, 1.82) is 0 Å². The third-order valence-corrected chi connectivity index (χ3v) is 4.10. The number of Topliss-reactive ketones (excluding diaryl/α,β-unsaturated/α-hetero) is 2. The number of phenolic OH excluding ortho intramolecular Hbond substituents is 1. The quantitative estimate of drug-likeness (QED) is 0.515. The maximum Gasteiger partial charge on any atom is 0.274 e. The van der Waals surface area contributed by atoms with Gasteiger partial charge in [-0.15, -0.1) is 0 Å². The van der Waals surface area contributed by atoms with Crippen LogP contribution in [-0.4, -0.2) is 35.8 Å². The fraction of sp³-hybridized carbons (Fsp3) is 0.176. The van der Waals surface area contributed by atoms with Gasteiger partial charge in [-0.1, -0.05) is 0 Å². The Bertz CT molecular complexity index is 876. The van der Waals surface area contributed by atoms with Crippen LogP contribution in [-0.2, 0) is 0 Å². The van der Waals surface area contributed by atoms with E-state index in [0.717, 1.165) is 18.2 Å². The first-order valence-corrected chi connectivity index (χ1v) is 7.20. The van der Waals surface area contributed by atoms with Gasteiger partial charge in [-0.05, 0) is 24.3 Å². The van der Waals surface area contributed by atoms with Gasteiger partial charge in [0.2, 0.25) is 0 Å². The molecule has 1 aliphatic rings. The smallest absolute Gasteiger partial charge is 0.274 e. The van der Waals surface area contributed by atoms with Gasteiger partial charge in [0, 0.05) is 17.2 Å². The van der Waals surface area contributed by atoms with Gasteiger partial charge < -0.3 is 14.6 Å². The Morgan fingerprint density at radius 3 is 1.96 bits per heavy atom. The zero-order valence-electron chi connectivity index (χ0n) is 13.3. The molecule has 8 heteroatoms. The van der Waals surface area contributed by atoms with Crippen LogP contribution >= 0.6 is 0 Å². The number of methoxy groups -OCH3 is 2. The molecule has 0 atom stereocenters. The summed E-state index contributed by atoms with van der Waals surface area (Å²) in [6.07, 6.45) is 0. The highest BCUT2D eigenvalue weighted by molar-refractivity contribution is 6.30. The lowest BCUT2D eigenvalue weighted by atomic mass is 9.92. The van der Waals surface area contributed by atoms with Crippen LogP contribution in [0.3, 0.4) is 0 Å². The number of ketones is 2. The SMILES string of the molecule is COc1cc2c(cc1OC)C(=O)C(c1cc(O)ccc1[N+](=O)[O-])C2=O. The van der Waals surface area contributed by atoms with Crippen molar-refractivity contribution in [3.8, 4) is 17.2 Å². The molecule has 8 nitrogen and oxygen atoms in total. The molecule has 25 heavy (non-hydrogen) atoms. The largest absolute Gasteiger partial charge is 0.508 e. The number of carbonyl (C=O) groups excluding carboxylic acids is 2. The number of carbonyl (C=O) groups is 2. The summed E-state index contributed by atoms with van der Waals surface area (Å²) >= 11 is 0. The lowest BCUT2D eigenvalue weighted by Gasteiger charge is -2.08. The molecular weight excluding hydrogens is 330 g/mol. The van der Waals surface area contributed by atoms with Crippen molar-refractivity contribution >= 4 is 17.3 Å². The molecule has 0 radical (unpaired) electrons. The highest BCUT2D eigenvalue weighted by Crippen LogP contribution is 2.42. The summed E-state index contributed by atoms with van der Waals surface area (Å²) in [5, 5.41) is 20.9. The van der Waals surface area contributed by atoms with Crippen molar-refractivity contribution in [2.45, 2.75) is 5.92 Å². The van der Waals surface area contributed by atoms with Crippen molar-refractivity contribution in [3.05, 3.63) is 57.1 Å². The lowest BCUT2D eigenvalue weighted by molar-refractivity contribution is -0.385. The van der Waals surface area contributed by atoms with E-state index in [-0.39, 0.29) is 33.9 Å². The Kier molecular flexibility index (Phi) is 3.88. The number of hydrogen-bond donors (Lipinski definition) is 1. The second-order valence-electron chi connectivity index (χ2n) is 5.41. The van der Waals surface area contributed by atoms with E-state index < -0.39 is 28.1 Å². The van der Waals surface area contributed by atoms with Gasteiger partial charge in [0.1, 0.15) is 11.7 Å². The molecule has 0 aromatic heterocycles. The zero-order chi connectivity index (χ0) is 18.3. The van der Waals surface area contributed by atoms with Crippen LogP contribution in [0.5, 0.6) is 17.2 Å². The van der Waals surface area contributed by atoms with Crippen LogP contribution in [0.15, 0.2) is 30.3 Å². The normalized spacial score (nSPS) is 13.7. The minimum absolute atomic E-state index is 0.102. The van der Waals surface area contributed by atoms with Crippen LogP contribution in [0.1, 0.15) is 32.2 Å². The molecule has 0 spiro atoms. The molecule has 0 saturated heterocycles. The molecule has 0 heterocycles. The number of ether oxygens (including phenoxy) is 2. The number of benzene rings is 2. The van der Waals surface area contributed by atoms with Crippen molar-refractivity contribution < 1.29 is 29.1 Å². The Morgan fingerprint density at radius 2 is 1.52 bits per heavy atom. The maximum atomic E-state index is 12.7. The molecule has 0 fully saturated rings. The third kappa shape index (κ3) is 2.47. The standard InChI is InChI=1S/C17H13NO7/c1-24-13-6-9-10(7-14(13)25-2)17(21)15(16(9)20)11-5-8(19)3-4-12(11)18(22)23/h3-7,15,19H,1-2H3. The zero-order valence-corrected chi connectivity index (χ0v) is 13.3. The average Bonchev–Trinajstić information content (AvgIpc) is 2.83. The van der Waals surface area contributed by atoms with Gasteiger partial charge in [0.15, 0.2) is 23.1 Å². The van der Waals surface area contributed by atoms with Gasteiger partial charge in [-0.2, -0.15) is 0 Å². The Hall–Kier alpha value is -3.42. The monoisotopic (exact) mass is 343 g/mol. The van der Waals surface area contributed by atoms with E-state index in [1.54, 1.807) is 0 Å². The first kappa shape index (κ1) is 16.4.